The van der Waals surface area contributed by atoms with Gasteiger partial charge in [0.2, 0.25) is 0 Å². The van der Waals surface area contributed by atoms with E-state index in [1.54, 1.807) is 51.1 Å². The van der Waals surface area contributed by atoms with E-state index in [2.05, 4.69) is 10.6 Å². The Morgan fingerprint density at radius 2 is 1.41 bits per heavy atom. The Hall–Kier alpha value is -5.79. The van der Waals surface area contributed by atoms with E-state index >= 15 is 0 Å². The predicted molar refractivity (Wildman–Crippen MR) is 227 cm³/mol. The number of nitrogens with one attached hydrogen (secondary N) is 2. The molecule has 11 nitrogen and oxygen atoms in total. The minimum atomic E-state index is -4.20. The number of esters is 2. The first-order valence-electron chi connectivity index (χ1n) is 19.3. The van der Waals surface area contributed by atoms with Gasteiger partial charge in [-0.05, 0) is 143 Å². The summed E-state index contributed by atoms with van der Waals surface area (Å²) >= 11 is 1.38. The van der Waals surface area contributed by atoms with Crippen LogP contribution in [0.5, 0.6) is 0 Å². The number of nitrogens with zero attached hydrogens (tertiary/aromatic N) is 1. The molecule has 6 rings (SSSR count). The van der Waals surface area contributed by atoms with E-state index in [0.29, 0.717) is 28.2 Å². The van der Waals surface area contributed by atoms with E-state index in [0.717, 1.165) is 60.1 Å². The van der Waals surface area contributed by atoms with Crippen molar-refractivity contribution >= 4 is 61.5 Å². The van der Waals surface area contributed by atoms with Crippen molar-refractivity contribution in [2.75, 3.05) is 28.7 Å². The quantitative estimate of drug-likeness (QED) is 0.0996. The summed E-state index contributed by atoms with van der Waals surface area (Å²) < 4.78 is 39.4. The first-order valence-corrected chi connectivity index (χ1v) is 21.6. The van der Waals surface area contributed by atoms with Crippen molar-refractivity contribution in [2.24, 2.45) is 0 Å². The molecule has 302 valence electrons. The van der Waals surface area contributed by atoms with E-state index in [-0.39, 0.29) is 40.2 Å². The molecule has 0 saturated heterocycles. The standard InChI is InChI=1S/C45H47N3O8S2/c1-5-56-45(52)34-14-9-15-36(27-34)48(29(2)3)58(53,54)37-16-10-13-33(28-37)41(49)47-43-40(38-17-6-7-18-39(38)57-43)42(50)46-35-25-21-31(22-26-35)12-8-11-30-19-23-32(24-20-30)44(51)55-4/h9-10,13-16,19-29H,5-8,11-12,17-18H2,1-4H3,(H,46,50)(H,47,49). The third kappa shape index (κ3) is 9.66. The summed E-state index contributed by atoms with van der Waals surface area (Å²) in [5.41, 5.74) is 5.36. The molecule has 1 aromatic heterocycles. The zero-order valence-corrected chi connectivity index (χ0v) is 34.6. The molecule has 0 saturated carbocycles. The van der Waals surface area contributed by atoms with Crippen molar-refractivity contribution in [3.63, 3.8) is 0 Å². The smallest absolute Gasteiger partial charge is 0.338 e. The van der Waals surface area contributed by atoms with Gasteiger partial charge in [0, 0.05) is 22.2 Å². The summed E-state index contributed by atoms with van der Waals surface area (Å²) in [6.45, 7) is 5.33. The zero-order valence-electron chi connectivity index (χ0n) is 33.0. The van der Waals surface area contributed by atoms with E-state index in [1.165, 1.54) is 53.1 Å². The molecule has 1 aliphatic rings. The highest BCUT2D eigenvalue weighted by atomic mass is 32.2. The van der Waals surface area contributed by atoms with Crippen LogP contribution in [0.15, 0.2) is 102 Å². The lowest BCUT2D eigenvalue weighted by Gasteiger charge is -2.28. The first-order chi connectivity index (χ1) is 27.9. The van der Waals surface area contributed by atoms with Gasteiger partial charge < -0.3 is 20.1 Å². The van der Waals surface area contributed by atoms with Crippen LogP contribution < -0.4 is 14.9 Å². The lowest BCUT2D eigenvalue weighted by Crippen LogP contribution is -2.37. The van der Waals surface area contributed by atoms with Crippen molar-refractivity contribution in [1.29, 1.82) is 0 Å². The highest BCUT2D eigenvalue weighted by molar-refractivity contribution is 7.92. The molecule has 0 radical (unpaired) electrons. The number of aryl methyl sites for hydroxylation is 3. The van der Waals surface area contributed by atoms with Gasteiger partial charge in [-0.15, -0.1) is 11.3 Å². The average Bonchev–Trinajstić information content (AvgIpc) is 3.59. The SMILES string of the molecule is CCOC(=O)c1cccc(N(C(C)C)S(=O)(=O)c2cccc(C(=O)Nc3sc4c(c3C(=O)Nc3ccc(CCCc5ccc(C(=O)OC)cc5)cc3)CCCC4)c2)c1. The second kappa shape index (κ2) is 18.6. The number of rotatable bonds is 15. The molecule has 0 bridgehead atoms. The number of carbonyl (C=O) groups excluding carboxylic acids is 4. The number of benzene rings is 4. The number of amides is 2. The highest BCUT2D eigenvalue weighted by Crippen LogP contribution is 2.39. The molecule has 0 spiro atoms. The number of fused-ring (bicyclic) bond motifs is 1. The Labute approximate surface area is 343 Å². The Kier molecular flexibility index (Phi) is 13.4. The largest absolute Gasteiger partial charge is 0.465 e. The summed E-state index contributed by atoms with van der Waals surface area (Å²) in [7, 11) is -2.83. The molecular weight excluding hydrogens is 775 g/mol. The summed E-state index contributed by atoms with van der Waals surface area (Å²) in [5, 5.41) is 6.38. The van der Waals surface area contributed by atoms with Crippen molar-refractivity contribution in [2.45, 2.75) is 76.7 Å². The fourth-order valence-corrected chi connectivity index (χ4v) is 10.0. The number of carbonyl (C=O) groups is 4. The molecule has 0 unspecified atom stereocenters. The Bertz CT molecular complexity index is 2410. The molecule has 0 atom stereocenters. The Morgan fingerprint density at radius 1 is 0.759 bits per heavy atom. The third-order valence-electron chi connectivity index (χ3n) is 9.88. The summed E-state index contributed by atoms with van der Waals surface area (Å²) in [6, 6.07) is 26.6. The van der Waals surface area contributed by atoms with Gasteiger partial charge in [0.25, 0.3) is 21.8 Å². The van der Waals surface area contributed by atoms with E-state index in [4.69, 9.17) is 9.47 Å². The maximum absolute atomic E-state index is 14.1. The zero-order chi connectivity index (χ0) is 41.4. The predicted octanol–water partition coefficient (Wildman–Crippen LogP) is 8.87. The molecule has 2 amide bonds. The second-order valence-corrected chi connectivity index (χ2v) is 17.2. The first kappa shape index (κ1) is 41.8. The fraction of sp³-hybridized carbons (Fsp3) is 0.289. The van der Waals surface area contributed by atoms with E-state index < -0.39 is 27.9 Å². The maximum Gasteiger partial charge on any atom is 0.338 e. The minimum Gasteiger partial charge on any atom is -0.465 e. The normalized spacial score (nSPS) is 12.4. The average molecular weight is 822 g/mol. The van der Waals surface area contributed by atoms with E-state index in [1.807, 2.05) is 36.4 Å². The van der Waals surface area contributed by atoms with Gasteiger partial charge in [0.15, 0.2) is 0 Å². The summed E-state index contributed by atoms with van der Waals surface area (Å²) in [6.07, 6.45) is 6.02. The van der Waals surface area contributed by atoms with Gasteiger partial charge in [-0.25, -0.2) is 18.0 Å². The fourth-order valence-electron chi connectivity index (χ4n) is 7.05. The Balaban J connectivity index is 1.16. The molecule has 58 heavy (non-hydrogen) atoms. The van der Waals surface area contributed by atoms with E-state index in [9.17, 15) is 27.6 Å². The highest BCUT2D eigenvalue weighted by Gasteiger charge is 2.30. The van der Waals surface area contributed by atoms with Crippen molar-refractivity contribution < 1.29 is 37.1 Å². The van der Waals surface area contributed by atoms with Gasteiger partial charge >= 0.3 is 11.9 Å². The van der Waals surface area contributed by atoms with Gasteiger partial charge in [0.1, 0.15) is 5.00 Å². The van der Waals surface area contributed by atoms with Crippen LogP contribution in [0.2, 0.25) is 0 Å². The van der Waals surface area contributed by atoms with Crippen LogP contribution in [-0.2, 0) is 45.2 Å². The lowest BCUT2D eigenvalue weighted by molar-refractivity contribution is 0.0525. The number of anilines is 3. The van der Waals surface area contributed by atoms with Crippen LogP contribution in [0.4, 0.5) is 16.4 Å². The molecule has 2 N–H and O–H groups in total. The van der Waals surface area contributed by atoms with Crippen molar-refractivity contribution in [1.82, 2.24) is 0 Å². The minimum absolute atomic E-state index is 0.100. The van der Waals surface area contributed by atoms with Gasteiger partial charge in [-0.3, -0.25) is 13.9 Å². The number of ether oxygens (including phenoxy) is 2. The molecule has 13 heteroatoms. The molecule has 5 aromatic rings. The number of thiophene rings is 1. The summed E-state index contributed by atoms with van der Waals surface area (Å²) in [5.74, 6) is -1.79. The number of methoxy groups -OCH3 is 1. The topological polar surface area (TPSA) is 148 Å². The lowest BCUT2D eigenvalue weighted by atomic mass is 9.95. The van der Waals surface area contributed by atoms with Crippen LogP contribution in [0.3, 0.4) is 0 Å². The Morgan fingerprint density at radius 3 is 2.09 bits per heavy atom. The van der Waals surface area contributed by atoms with Gasteiger partial charge in [-0.2, -0.15) is 0 Å². The van der Waals surface area contributed by atoms with Crippen LogP contribution in [-0.4, -0.2) is 51.9 Å². The van der Waals surface area contributed by atoms with Crippen LogP contribution >= 0.6 is 11.3 Å². The second-order valence-electron chi connectivity index (χ2n) is 14.3. The van der Waals surface area contributed by atoms with Crippen LogP contribution in [0.1, 0.15) is 103 Å². The summed E-state index contributed by atoms with van der Waals surface area (Å²) in [4.78, 5) is 52.9. The number of hydrogen-bond acceptors (Lipinski definition) is 9. The van der Waals surface area contributed by atoms with Crippen LogP contribution in [0.25, 0.3) is 0 Å². The van der Waals surface area contributed by atoms with Crippen molar-refractivity contribution in [3.8, 4) is 0 Å². The van der Waals surface area contributed by atoms with Gasteiger partial charge in [-0.1, -0.05) is 36.4 Å². The molecule has 0 aliphatic heterocycles. The molecule has 1 heterocycles. The molecule has 4 aromatic carbocycles. The van der Waals surface area contributed by atoms with Gasteiger partial charge in [0.05, 0.1) is 41.0 Å². The van der Waals surface area contributed by atoms with Crippen LogP contribution in [0, 0.1) is 0 Å². The molecular formula is C45H47N3O8S2. The number of sulfonamides is 1. The monoisotopic (exact) mass is 821 g/mol. The maximum atomic E-state index is 14.1. The third-order valence-corrected chi connectivity index (χ3v) is 13.1. The number of hydrogen-bond donors (Lipinski definition) is 2. The molecule has 1 aliphatic carbocycles. The van der Waals surface area contributed by atoms with Crippen molar-refractivity contribution in [3.05, 3.63) is 141 Å². The molecule has 0 fully saturated rings.